The molecule has 0 spiro atoms. The van der Waals surface area contributed by atoms with Crippen molar-refractivity contribution in [3.63, 3.8) is 0 Å². The molecule has 0 aliphatic heterocycles. The molecule has 2 N–H and O–H groups in total. The van der Waals surface area contributed by atoms with Crippen LogP contribution in [0.1, 0.15) is 0 Å². The number of rotatable bonds is 4. The van der Waals surface area contributed by atoms with E-state index in [0.29, 0.717) is 5.82 Å². The standard InChI is InChI=1S/C44H29N5/c45-44-27-46-38-25-36(28-17-21-30(22-18-28)48-40-13-5-1-9-32(40)33-10-2-6-14-41(33)48)37(26-39(38)47-44)29-19-23-31(24-20-29)49-42-15-7-3-11-34(42)35-12-4-8-16-43(35)49/h1-27H,(H2,45,47). The molecule has 0 fully saturated rings. The molecule has 0 aliphatic carbocycles. The van der Waals surface area contributed by atoms with E-state index < -0.39 is 0 Å². The molecule has 10 rings (SSSR count). The largest absolute Gasteiger partial charge is 0.382 e. The monoisotopic (exact) mass is 627 g/mol. The van der Waals surface area contributed by atoms with Gasteiger partial charge in [0.15, 0.2) is 0 Å². The van der Waals surface area contributed by atoms with E-state index in [2.05, 4.69) is 177 Å². The Hall–Kier alpha value is -6.72. The number of hydrogen-bond donors (Lipinski definition) is 1. The predicted octanol–water partition coefficient (Wildman–Crippen LogP) is 10.7. The summed E-state index contributed by atoms with van der Waals surface area (Å²) < 4.78 is 4.69. The van der Waals surface area contributed by atoms with Crippen LogP contribution in [0, 0.1) is 0 Å². The van der Waals surface area contributed by atoms with E-state index in [1.54, 1.807) is 6.20 Å². The first-order valence-corrected chi connectivity index (χ1v) is 16.5. The van der Waals surface area contributed by atoms with Gasteiger partial charge in [-0.25, -0.2) is 4.98 Å². The lowest BCUT2D eigenvalue weighted by atomic mass is 9.93. The molecule has 0 atom stereocenters. The second kappa shape index (κ2) is 10.7. The molecule has 0 saturated heterocycles. The quantitative estimate of drug-likeness (QED) is 0.211. The summed E-state index contributed by atoms with van der Waals surface area (Å²) in [5, 5.41) is 5.00. The van der Waals surface area contributed by atoms with Crippen LogP contribution in [0.4, 0.5) is 5.82 Å². The van der Waals surface area contributed by atoms with Crippen LogP contribution in [0.3, 0.4) is 0 Å². The second-order valence-corrected chi connectivity index (χ2v) is 12.5. The zero-order chi connectivity index (χ0) is 32.5. The van der Waals surface area contributed by atoms with Crippen LogP contribution >= 0.6 is 0 Å². The van der Waals surface area contributed by atoms with Gasteiger partial charge in [-0.3, -0.25) is 4.98 Å². The fourth-order valence-corrected chi connectivity index (χ4v) is 7.53. The molecule has 0 aliphatic rings. The van der Waals surface area contributed by atoms with Crippen molar-refractivity contribution in [3.05, 3.63) is 164 Å². The van der Waals surface area contributed by atoms with Crippen LogP contribution in [0.15, 0.2) is 164 Å². The fraction of sp³-hybridized carbons (Fsp3) is 0. The van der Waals surface area contributed by atoms with Crippen LogP contribution in [-0.4, -0.2) is 19.1 Å². The third-order valence-electron chi connectivity index (χ3n) is 9.73. The van der Waals surface area contributed by atoms with Gasteiger partial charge in [0.2, 0.25) is 0 Å². The highest BCUT2D eigenvalue weighted by molar-refractivity contribution is 6.10. The highest BCUT2D eigenvalue weighted by Crippen LogP contribution is 2.38. The lowest BCUT2D eigenvalue weighted by Gasteiger charge is -2.15. The van der Waals surface area contributed by atoms with Crippen LogP contribution < -0.4 is 5.73 Å². The number of anilines is 1. The minimum atomic E-state index is 0.406. The summed E-state index contributed by atoms with van der Waals surface area (Å²) >= 11 is 0. The normalized spacial score (nSPS) is 11.8. The molecule has 0 radical (unpaired) electrons. The Labute approximate surface area is 282 Å². The molecule has 5 heteroatoms. The number of fused-ring (bicyclic) bond motifs is 7. The van der Waals surface area contributed by atoms with E-state index in [1.165, 1.54) is 43.6 Å². The molecule has 0 amide bonds. The molecule has 3 aromatic heterocycles. The first-order valence-electron chi connectivity index (χ1n) is 16.5. The van der Waals surface area contributed by atoms with Gasteiger partial charge in [-0.05, 0) is 82.9 Å². The van der Waals surface area contributed by atoms with E-state index in [4.69, 9.17) is 5.73 Å². The Balaban J connectivity index is 1.11. The average Bonchev–Trinajstić information content (AvgIpc) is 3.68. The van der Waals surface area contributed by atoms with Gasteiger partial charge in [0.25, 0.3) is 0 Å². The number of nitrogens with zero attached hydrogens (tertiary/aromatic N) is 4. The summed E-state index contributed by atoms with van der Waals surface area (Å²) in [5.41, 5.74) is 19.0. The summed E-state index contributed by atoms with van der Waals surface area (Å²) in [5.74, 6) is 0.406. The summed E-state index contributed by atoms with van der Waals surface area (Å²) in [6, 6.07) is 56.3. The molecular formula is C44H29N5. The molecule has 5 nitrogen and oxygen atoms in total. The van der Waals surface area contributed by atoms with Gasteiger partial charge in [-0.2, -0.15) is 0 Å². The van der Waals surface area contributed by atoms with Crippen molar-refractivity contribution in [2.75, 3.05) is 5.73 Å². The number of hydrogen-bond acceptors (Lipinski definition) is 3. The van der Waals surface area contributed by atoms with Crippen molar-refractivity contribution in [1.82, 2.24) is 19.1 Å². The van der Waals surface area contributed by atoms with Crippen LogP contribution in [0.5, 0.6) is 0 Å². The van der Waals surface area contributed by atoms with Gasteiger partial charge in [-0.1, -0.05) is 97.1 Å². The molecule has 7 aromatic carbocycles. The molecule has 230 valence electrons. The second-order valence-electron chi connectivity index (χ2n) is 12.5. The average molecular weight is 628 g/mol. The minimum absolute atomic E-state index is 0.406. The third-order valence-corrected chi connectivity index (χ3v) is 9.73. The Morgan fingerprint density at radius 2 is 0.776 bits per heavy atom. The van der Waals surface area contributed by atoms with E-state index in [1.807, 2.05) is 0 Å². The minimum Gasteiger partial charge on any atom is -0.382 e. The smallest absolute Gasteiger partial charge is 0.142 e. The van der Waals surface area contributed by atoms with Crippen molar-refractivity contribution < 1.29 is 0 Å². The number of nitrogen functional groups attached to an aromatic ring is 1. The SMILES string of the molecule is Nc1cnc2cc(-c3ccc(-n4c5ccccc5c5ccccc54)cc3)c(-c3ccc(-n4c5ccccc5c5ccccc54)cc3)cc2n1. The van der Waals surface area contributed by atoms with E-state index in [-0.39, 0.29) is 0 Å². The summed E-state index contributed by atoms with van der Waals surface area (Å²) in [7, 11) is 0. The molecular weight excluding hydrogens is 599 g/mol. The van der Waals surface area contributed by atoms with Crippen molar-refractivity contribution in [1.29, 1.82) is 0 Å². The first-order chi connectivity index (χ1) is 24.2. The van der Waals surface area contributed by atoms with Gasteiger partial charge in [0.1, 0.15) is 5.82 Å². The van der Waals surface area contributed by atoms with E-state index in [9.17, 15) is 0 Å². The molecule has 10 aromatic rings. The van der Waals surface area contributed by atoms with Crippen molar-refractivity contribution >= 4 is 60.5 Å². The maximum atomic E-state index is 6.09. The Kier molecular flexibility index (Phi) is 5.96. The molecule has 49 heavy (non-hydrogen) atoms. The first kappa shape index (κ1) is 27.4. The van der Waals surface area contributed by atoms with Gasteiger partial charge >= 0.3 is 0 Å². The Bertz CT molecular complexity index is 2770. The lowest BCUT2D eigenvalue weighted by Crippen LogP contribution is -1.96. The lowest BCUT2D eigenvalue weighted by molar-refractivity contribution is 1.18. The van der Waals surface area contributed by atoms with E-state index in [0.717, 1.165) is 44.7 Å². The van der Waals surface area contributed by atoms with Gasteiger partial charge in [-0.15, -0.1) is 0 Å². The number of aromatic nitrogens is 4. The van der Waals surface area contributed by atoms with Gasteiger partial charge < -0.3 is 14.9 Å². The molecule has 0 bridgehead atoms. The molecule has 0 saturated carbocycles. The Morgan fingerprint density at radius 3 is 1.18 bits per heavy atom. The topological polar surface area (TPSA) is 61.7 Å². The van der Waals surface area contributed by atoms with E-state index >= 15 is 0 Å². The number of para-hydroxylation sites is 4. The highest BCUT2D eigenvalue weighted by Gasteiger charge is 2.16. The van der Waals surface area contributed by atoms with Crippen LogP contribution in [0.25, 0.3) is 88.3 Å². The van der Waals surface area contributed by atoms with Crippen LogP contribution in [0.2, 0.25) is 0 Å². The van der Waals surface area contributed by atoms with Crippen molar-refractivity contribution in [2.45, 2.75) is 0 Å². The third kappa shape index (κ3) is 4.26. The fourth-order valence-electron chi connectivity index (χ4n) is 7.53. The summed E-state index contributed by atoms with van der Waals surface area (Å²) in [6.45, 7) is 0. The van der Waals surface area contributed by atoms with Crippen LogP contribution in [-0.2, 0) is 0 Å². The maximum absolute atomic E-state index is 6.09. The summed E-state index contributed by atoms with van der Waals surface area (Å²) in [4.78, 5) is 9.28. The van der Waals surface area contributed by atoms with Crippen molar-refractivity contribution in [2.24, 2.45) is 0 Å². The summed E-state index contributed by atoms with van der Waals surface area (Å²) in [6.07, 6.45) is 1.62. The van der Waals surface area contributed by atoms with Gasteiger partial charge in [0.05, 0.1) is 39.3 Å². The Morgan fingerprint density at radius 1 is 0.408 bits per heavy atom. The zero-order valence-corrected chi connectivity index (χ0v) is 26.5. The highest BCUT2D eigenvalue weighted by atomic mass is 15.0. The maximum Gasteiger partial charge on any atom is 0.142 e. The zero-order valence-electron chi connectivity index (χ0n) is 26.5. The van der Waals surface area contributed by atoms with Gasteiger partial charge in [0, 0.05) is 32.9 Å². The molecule has 3 heterocycles. The number of benzene rings is 7. The number of nitrogens with two attached hydrogens (primary N) is 1. The molecule has 0 unspecified atom stereocenters. The van der Waals surface area contributed by atoms with Crippen molar-refractivity contribution in [3.8, 4) is 33.6 Å². The predicted molar refractivity (Wildman–Crippen MR) is 204 cm³/mol.